The number of rotatable bonds is 6. The van der Waals surface area contributed by atoms with Gasteiger partial charge in [-0.2, -0.15) is 5.26 Å². The molecule has 0 spiro atoms. The highest BCUT2D eigenvalue weighted by Crippen LogP contribution is 2.37. The Balaban J connectivity index is 1.49. The van der Waals surface area contributed by atoms with Gasteiger partial charge in [-0.15, -0.1) is 0 Å². The van der Waals surface area contributed by atoms with Crippen molar-refractivity contribution in [3.8, 4) is 23.3 Å². The van der Waals surface area contributed by atoms with Crippen LogP contribution in [-0.2, 0) is 4.74 Å². The number of hydrogen-bond donors (Lipinski definition) is 1. The molecule has 4 aromatic rings. The molecule has 0 aliphatic carbocycles. The second-order valence-corrected chi connectivity index (χ2v) is 8.01. The second-order valence-electron chi connectivity index (χ2n) is 8.01. The predicted molar refractivity (Wildman–Crippen MR) is 132 cm³/mol. The predicted octanol–water partition coefficient (Wildman–Crippen LogP) is 5.63. The van der Waals surface area contributed by atoms with Crippen LogP contribution in [-0.4, -0.2) is 38.4 Å². The van der Waals surface area contributed by atoms with E-state index >= 15 is 0 Å². The van der Waals surface area contributed by atoms with E-state index in [1.54, 1.807) is 30.5 Å². The van der Waals surface area contributed by atoms with Crippen molar-refractivity contribution >= 4 is 28.0 Å². The first-order chi connectivity index (χ1) is 17.1. The summed E-state index contributed by atoms with van der Waals surface area (Å²) in [5, 5.41) is 14.0. The zero-order chi connectivity index (χ0) is 24.2. The molecule has 1 aliphatic heterocycles. The lowest BCUT2D eigenvalue weighted by molar-refractivity contribution is 0.122. The molecular formula is C27H23FN4O3. The van der Waals surface area contributed by atoms with Crippen molar-refractivity contribution in [3.05, 3.63) is 78.2 Å². The first kappa shape index (κ1) is 22.4. The van der Waals surface area contributed by atoms with E-state index in [2.05, 4.69) is 27.3 Å². The summed E-state index contributed by atoms with van der Waals surface area (Å²) in [5.41, 5.74) is 3.62. The molecule has 1 saturated heterocycles. The van der Waals surface area contributed by atoms with Gasteiger partial charge in [-0.1, -0.05) is 6.07 Å². The summed E-state index contributed by atoms with van der Waals surface area (Å²) in [7, 11) is 1.54. The number of nitrogens with zero attached hydrogens (tertiary/aromatic N) is 3. The lowest BCUT2D eigenvalue weighted by atomic mass is 10.1. The van der Waals surface area contributed by atoms with Gasteiger partial charge in [-0.25, -0.2) is 4.39 Å². The maximum absolute atomic E-state index is 13.5. The fourth-order valence-corrected chi connectivity index (χ4v) is 4.05. The van der Waals surface area contributed by atoms with E-state index < -0.39 is 0 Å². The SMILES string of the molecule is COc1cc(Nc2c(C#N)cnc3ccc(N4CCOCC4)cc23)ccc1Oc1cccc(F)c1. The van der Waals surface area contributed by atoms with Gasteiger partial charge in [-0.05, 0) is 42.5 Å². The fraction of sp³-hybridized carbons (Fsp3) is 0.185. The Morgan fingerprint density at radius 2 is 1.91 bits per heavy atom. The van der Waals surface area contributed by atoms with Crippen molar-refractivity contribution in [2.45, 2.75) is 0 Å². The summed E-state index contributed by atoms with van der Waals surface area (Å²) in [6, 6.07) is 19.5. The van der Waals surface area contributed by atoms with Crippen LogP contribution in [0.2, 0.25) is 0 Å². The van der Waals surface area contributed by atoms with Crippen molar-refractivity contribution in [2.24, 2.45) is 0 Å². The van der Waals surface area contributed by atoms with E-state index in [-0.39, 0.29) is 5.82 Å². The van der Waals surface area contributed by atoms with Crippen molar-refractivity contribution in [2.75, 3.05) is 43.6 Å². The molecule has 0 bridgehead atoms. The molecule has 1 N–H and O–H groups in total. The van der Waals surface area contributed by atoms with Crippen molar-refractivity contribution < 1.29 is 18.6 Å². The quantitative estimate of drug-likeness (QED) is 0.391. The normalized spacial score (nSPS) is 13.3. The molecule has 2 heterocycles. The highest BCUT2D eigenvalue weighted by atomic mass is 19.1. The molecule has 0 atom stereocenters. The zero-order valence-electron chi connectivity index (χ0n) is 19.1. The molecule has 0 unspecified atom stereocenters. The number of pyridine rings is 1. The number of anilines is 3. The van der Waals surface area contributed by atoms with E-state index in [1.807, 2.05) is 18.2 Å². The van der Waals surface area contributed by atoms with Crippen LogP contribution in [0, 0.1) is 17.1 Å². The minimum absolute atomic E-state index is 0.367. The number of fused-ring (bicyclic) bond motifs is 1. The molecule has 176 valence electrons. The lowest BCUT2D eigenvalue weighted by Gasteiger charge is -2.29. The van der Waals surface area contributed by atoms with Crippen LogP contribution in [0.25, 0.3) is 10.9 Å². The molecule has 0 amide bonds. The molecule has 0 saturated carbocycles. The van der Waals surface area contributed by atoms with Crippen molar-refractivity contribution in [1.29, 1.82) is 5.26 Å². The Kier molecular flexibility index (Phi) is 6.33. The Morgan fingerprint density at radius 3 is 2.69 bits per heavy atom. The molecule has 1 fully saturated rings. The minimum Gasteiger partial charge on any atom is -0.493 e. The first-order valence-electron chi connectivity index (χ1n) is 11.2. The monoisotopic (exact) mass is 470 g/mol. The number of aromatic nitrogens is 1. The zero-order valence-corrected chi connectivity index (χ0v) is 19.1. The van der Waals surface area contributed by atoms with Gasteiger partial charge in [0.2, 0.25) is 0 Å². The average Bonchev–Trinajstić information content (AvgIpc) is 2.90. The number of nitrogens with one attached hydrogen (secondary N) is 1. The van der Waals surface area contributed by atoms with Gasteiger partial charge in [0, 0.05) is 48.2 Å². The molecule has 35 heavy (non-hydrogen) atoms. The molecule has 7 nitrogen and oxygen atoms in total. The Morgan fingerprint density at radius 1 is 1.06 bits per heavy atom. The molecule has 1 aliphatic rings. The highest BCUT2D eigenvalue weighted by molar-refractivity contribution is 5.97. The Labute approximate surface area is 202 Å². The molecular weight excluding hydrogens is 447 g/mol. The second kappa shape index (κ2) is 9.87. The molecule has 1 aromatic heterocycles. The Hall–Kier alpha value is -4.35. The minimum atomic E-state index is -0.384. The molecule has 3 aromatic carbocycles. The number of benzene rings is 3. The molecule has 0 radical (unpaired) electrons. The third kappa shape index (κ3) is 4.81. The van der Waals surface area contributed by atoms with Crippen LogP contribution >= 0.6 is 0 Å². The van der Waals surface area contributed by atoms with E-state index in [1.165, 1.54) is 19.2 Å². The van der Waals surface area contributed by atoms with Crippen LogP contribution < -0.4 is 19.7 Å². The highest BCUT2D eigenvalue weighted by Gasteiger charge is 2.16. The summed E-state index contributed by atoms with van der Waals surface area (Å²) in [6.07, 6.45) is 1.57. The number of hydrogen-bond acceptors (Lipinski definition) is 7. The van der Waals surface area contributed by atoms with E-state index in [9.17, 15) is 9.65 Å². The van der Waals surface area contributed by atoms with E-state index in [0.29, 0.717) is 47.4 Å². The van der Waals surface area contributed by atoms with Crippen LogP contribution in [0.3, 0.4) is 0 Å². The van der Waals surface area contributed by atoms with Crippen molar-refractivity contribution in [3.63, 3.8) is 0 Å². The van der Waals surface area contributed by atoms with Gasteiger partial charge in [0.25, 0.3) is 0 Å². The number of nitriles is 1. The topological polar surface area (TPSA) is 79.6 Å². The average molecular weight is 471 g/mol. The van der Waals surface area contributed by atoms with Crippen LogP contribution in [0.4, 0.5) is 21.5 Å². The first-order valence-corrected chi connectivity index (χ1v) is 11.2. The summed E-state index contributed by atoms with van der Waals surface area (Å²) < 4.78 is 30.3. The standard InChI is InChI=1S/C27H23FN4O3/c1-33-26-14-20(5-8-25(26)35-22-4-2-3-19(28)13-22)31-27-18(16-29)17-30-24-7-6-21(15-23(24)27)32-9-11-34-12-10-32/h2-8,13-15,17H,9-12H2,1H3,(H,30,31). The largest absolute Gasteiger partial charge is 0.493 e. The number of ether oxygens (including phenoxy) is 3. The number of morpholine rings is 1. The van der Waals surface area contributed by atoms with Crippen molar-refractivity contribution in [1.82, 2.24) is 4.98 Å². The van der Waals surface area contributed by atoms with Gasteiger partial charge in [-0.3, -0.25) is 4.98 Å². The van der Waals surface area contributed by atoms with Crippen LogP contribution in [0.5, 0.6) is 17.2 Å². The number of methoxy groups -OCH3 is 1. The van der Waals surface area contributed by atoms with E-state index in [4.69, 9.17) is 14.2 Å². The summed E-state index contributed by atoms with van der Waals surface area (Å²) >= 11 is 0. The van der Waals surface area contributed by atoms with Gasteiger partial charge < -0.3 is 24.4 Å². The van der Waals surface area contributed by atoms with Gasteiger partial charge >= 0.3 is 0 Å². The smallest absolute Gasteiger partial charge is 0.169 e. The van der Waals surface area contributed by atoms with Gasteiger partial charge in [0.1, 0.15) is 17.6 Å². The van der Waals surface area contributed by atoms with Crippen LogP contribution in [0.1, 0.15) is 5.56 Å². The summed E-state index contributed by atoms with van der Waals surface area (Å²) in [4.78, 5) is 6.72. The molecule has 8 heteroatoms. The maximum atomic E-state index is 13.5. The third-order valence-electron chi connectivity index (χ3n) is 5.81. The maximum Gasteiger partial charge on any atom is 0.169 e. The van der Waals surface area contributed by atoms with E-state index in [0.717, 1.165) is 29.7 Å². The number of halogens is 1. The van der Waals surface area contributed by atoms with Gasteiger partial charge in [0.05, 0.1) is 37.1 Å². The molecule has 5 rings (SSSR count). The van der Waals surface area contributed by atoms with Crippen LogP contribution in [0.15, 0.2) is 66.9 Å². The summed E-state index contributed by atoms with van der Waals surface area (Å²) in [6.45, 7) is 2.99. The fourth-order valence-electron chi connectivity index (χ4n) is 4.05. The van der Waals surface area contributed by atoms with Gasteiger partial charge in [0.15, 0.2) is 11.5 Å². The third-order valence-corrected chi connectivity index (χ3v) is 5.81. The lowest BCUT2D eigenvalue weighted by Crippen LogP contribution is -2.36. The Bertz CT molecular complexity index is 1410. The summed E-state index contributed by atoms with van der Waals surface area (Å²) in [5.74, 6) is 0.889.